The van der Waals surface area contributed by atoms with Crippen molar-refractivity contribution in [1.82, 2.24) is 35.3 Å². The molecule has 0 bridgehead atoms. The lowest BCUT2D eigenvalue weighted by Crippen LogP contribution is -2.22. The van der Waals surface area contributed by atoms with Gasteiger partial charge in [0, 0.05) is 7.05 Å². The number of hydrogen-bond acceptors (Lipinski definition) is 6. The molecule has 0 fully saturated rings. The highest BCUT2D eigenvalue weighted by molar-refractivity contribution is 5.98. The summed E-state index contributed by atoms with van der Waals surface area (Å²) < 4.78 is 40.4. The number of aromatic nitrogens is 6. The minimum Gasteiger partial charge on any atom is -0.364 e. The summed E-state index contributed by atoms with van der Waals surface area (Å²) in [6.07, 6.45) is -4.76. The first-order valence-corrected chi connectivity index (χ1v) is 7.76. The van der Waals surface area contributed by atoms with Gasteiger partial charge in [-0.25, -0.2) is 9.36 Å². The fraction of sp³-hybridized carbons (Fsp3) is 0.200. The highest BCUT2D eigenvalue weighted by Gasteiger charge is 2.38. The first kappa shape index (κ1) is 19.0. The van der Waals surface area contributed by atoms with Crippen LogP contribution in [0.5, 0.6) is 0 Å². The van der Waals surface area contributed by atoms with E-state index in [0.717, 1.165) is 4.68 Å². The Balaban J connectivity index is 2.07. The molecule has 0 unspecified atom stereocenters. The summed E-state index contributed by atoms with van der Waals surface area (Å²) in [7, 11) is 1.43. The summed E-state index contributed by atoms with van der Waals surface area (Å²) in [5.74, 6) is -2.63. The van der Waals surface area contributed by atoms with E-state index < -0.39 is 30.4 Å². The maximum Gasteiger partial charge on any atom is 0.453 e. The Morgan fingerprint density at radius 2 is 1.96 bits per heavy atom. The van der Waals surface area contributed by atoms with Gasteiger partial charge in [0.15, 0.2) is 0 Å². The Bertz CT molecular complexity index is 1040. The maximum absolute atomic E-state index is 12.9. The van der Waals surface area contributed by atoms with Crippen LogP contribution in [0.1, 0.15) is 32.4 Å². The first-order valence-electron chi connectivity index (χ1n) is 7.76. The van der Waals surface area contributed by atoms with Gasteiger partial charge in [-0.15, -0.1) is 5.10 Å². The van der Waals surface area contributed by atoms with Crippen LogP contribution in [0.2, 0.25) is 0 Å². The number of halogens is 3. The normalized spacial score (nSPS) is 11.4. The molecule has 0 saturated heterocycles. The molecular weight excluding hydrogens is 381 g/mol. The molecular formula is C15H13F3N8O2. The minimum absolute atomic E-state index is 0.0401. The quantitative estimate of drug-likeness (QED) is 0.643. The van der Waals surface area contributed by atoms with Gasteiger partial charge in [-0.05, 0) is 28.6 Å². The van der Waals surface area contributed by atoms with E-state index in [1.807, 2.05) is 0 Å². The van der Waals surface area contributed by atoms with Crippen molar-refractivity contribution in [3.8, 4) is 5.69 Å². The number of carbonyl (C=O) groups is 2. The second-order valence-corrected chi connectivity index (χ2v) is 5.55. The smallest absolute Gasteiger partial charge is 0.364 e. The lowest BCUT2D eigenvalue weighted by atomic mass is 10.1. The van der Waals surface area contributed by atoms with Crippen molar-refractivity contribution in [3.63, 3.8) is 0 Å². The predicted octanol–water partition coefficient (Wildman–Crippen LogP) is 0.384. The van der Waals surface area contributed by atoms with Gasteiger partial charge in [-0.2, -0.15) is 18.3 Å². The molecule has 3 N–H and O–H groups in total. The predicted molar refractivity (Wildman–Crippen MR) is 87.4 cm³/mol. The summed E-state index contributed by atoms with van der Waals surface area (Å²) in [5, 5.41) is 15.9. The number of primary amides is 1. The molecule has 2 aromatic heterocycles. The lowest BCUT2D eigenvalue weighted by molar-refractivity contribution is -0.147. The molecule has 28 heavy (non-hydrogen) atoms. The molecule has 0 aliphatic rings. The van der Waals surface area contributed by atoms with Gasteiger partial charge >= 0.3 is 6.18 Å². The number of benzene rings is 1. The van der Waals surface area contributed by atoms with Crippen LogP contribution in [0.4, 0.5) is 13.2 Å². The molecule has 2 heterocycles. The largest absolute Gasteiger partial charge is 0.453 e. The third-order valence-electron chi connectivity index (χ3n) is 3.71. The molecule has 13 heteroatoms. The van der Waals surface area contributed by atoms with Gasteiger partial charge in [0.2, 0.25) is 0 Å². The van der Waals surface area contributed by atoms with Crippen LogP contribution in [0.15, 0.2) is 30.3 Å². The standard InChI is InChI=1S/C15H13F3N8O2/c1-20-13(28)9-4-2-3-5-10(9)26-11(12(19)27)6-8(22-26)7-25-14(15(16,17)18)21-23-24-25/h2-6H,7H2,1H3,(H2,19,27)(H,20,28). The van der Waals surface area contributed by atoms with Gasteiger partial charge < -0.3 is 11.1 Å². The van der Waals surface area contributed by atoms with Crippen molar-refractivity contribution in [2.24, 2.45) is 5.73 Å². The van der Waals surface area contributed by atoms with Crippen molar-refractivity contribution in [3.05, 3.63) is 53.1 Å². The molecule has 0 atom stereocenters. The number of rotatable bonds is 5. The Hall–Kier alpha value is -3.77. The summed E-state index contributed by atoms with van der Waals surface area (Å²) in [5.41, 5.74) is 5.72. The van der Waals surface area contributed by atoms with E-state index in [0.29, 0.717) is 4.68 Å². The monoisotopic (exact) mass is 394 g/mol. The van der Waals surface area contributed by atoms with Gasteiger partial charge in [0.25, 0.3) is 17.6 Å². The molecule has 1 aromatic carbocycles. The summed E-state index contributed by atoms with van der Waals surface area (Å²) in [6, 6.07) is 7.45. The van der Waals surface area contributed by atoms with E-state index in [2.05, 4.69) is 25.9 Å². The van der Waals surface area contributed by atoms with Crippen molar-refractivity contribution in [2.75, 3.05) is 7.05 Å². The van der Waals surface area contributed by atoms with E-state index >= 15 is 0 Å². The number of carbonyl (C=O) groups excluding carboxylic acids is 2. The SMILES string of the molecule is CNC(=O)c1ccccc1-n1nc(Cn2nnnc2C(F)(F)F)cc1C(N)=O. The second kappa shape index (κ2) is 7.09. The molecule has 3 rings (SSSR count). The molecule has 146 valence electrons. The number of nitrogens with two attached hydrogens (primary N) is 1. The number of nitrogens with zero attached hydrogens (tertiary/aromatic N) is 6. The van der Waals surface area contributed by atoms with Crippen molar-refractivity contribution < 1.29 is 22.8 Å². The van der Waals surface area contributed by atoms with E-state index in [1.54, 1.807) is 12.1 Å². The average Bonchev–Trinajstić information content (AvgIpc) is 3.28. The van der Waals surface area contributed by atoms with Crippen LogP contribution in [-0.4, -0.2) is 48.8 Å². The van der Waals surface area contributed by atoms with E-state index in [9.17, 15) is 22.8 Å². The number of hydrogen-bond donors (Lipinski definition) is 2. The van der Waals surface area contributed by atoms with Crippen LogP contribution in [0.3, 0.4) is 0 Å². The average molecular weight is 394 g/mol. The molecule has 0 saturated carbocycles. The van der Waals surface area contributed by atoms with Gasteiger partial charge in [0.05, 0.1) is 23.5 Å². The zero-order valence-corrected chi connectivity index (χ0v) is 14.3. The van der Waals surface area contributed by atoms with Crippen molar-refractivity contribution in [1.29, 1.82) is 0 Å². The zero-order chi connectivity index (χ0) is 20.5. The number of alkyl halides is 3. The highest BCUT2D eigenvalue weighted by Crippen LogP contribution is 2.27. The van der Waals surface area contributed by atoms with E-state index in [-0.39, 0.29) is 22.6 Å². The van der Waals surface area contributed by atoms with Gasteiger partial charge in [-0.1, -0.05) is 12.1 Å². The Kier molecular flexibility index (Phi) is 4.81. The zero-order valence-electron chi connectivity index (χ0n) is 14.3. The third-order valence-corrected chi connectivity index (χ3v) is 3.71. The van der Waals surface area contributed by atoms with Crippen molar-refractivity contribution >= 4 is 11.8 Å². The molecule has 3 aromatic rings. The van der Waals surface area contributed by atoms with Crippen molar-refractivity contribution in [2.45, 2.75) is 12.7 Å². The summed E-state index contributed by atoms with van der Waals surface area (Å²) in [4.78, 5) is 23.9. The summed E-state index contributed by atoms with van der Waals surface area (Å²) >= 11 is 0. The van der Waals surface area contributed by atoms with Gasteiger partial charge in [-0.3, -0.25) is 9.59 Å². The molecule has 0 radical (unpaired) electrons. The van der Waals surface area contributed by atoms with Crippen LogP contribution in [-0.2, 0) is 12.7 Å². The van der Waals surface area contributed by atoms with Gasteiger partial charge in [0.1, 0.15) is 5.69 Å². The van der Waals surface area contributed by atoms with E-state index in [4.69, 9.17) is 5.73 Å². The molecule has 10 nitrogen and oxygen atoms in total. The first-order chi connectivity index (χ1) is 13.2. The number of para-hydroxylation sites is 1. The minimum atomic E-state index is -4.76. The Morgan fingerprint density at radius 1 is 1.25 bits per heavy atom. The molecule has 0 aliphatic heterocycles. The molecule has 0 aliphatic carbocycles. The Labute approximate surface area is 155 Å². The second-order valence-electron chi connectivity index (χ2n) is 5.55. The van der Waals surface area contributed by atoms with Crippen LogP contribution < -0.4 is 11.1 Å². The van der Waals surface area contributed by atoms with Crippen LogP contribution in [0.25, 0.3) is 5.69 Å². The topological polar surface area (TPSA) is 134 Å². The van der Waals surface area contributed by atoms with Crippen LogP contribution in [0, 0.1) is 0 Å². The number of tetrazole rings is 1. The fourth-order valence-electron chi connectivity index (χ4n) is 2.52. The fourth-order valence-corrected chi connectivity index (χ4v) is 2.52. The molecule has 2 amide bonds. The number of amides is 2. The van der Waals surface area contributed by atoms with Crippen LogP contribution >= 0.6 is 0 Å². The lowest BCUT2D eigenvalue weighted by Gasteiger charge is -2.10. The Morgan fingerprint density at radius 3 is 2.61 bits per heavy atom. The maximum atomic E-state index is 12.9. The summed E-state index contributed by atoms with van der Waals surface area (Å²) in [6.45, 7) is -0.461. The third kappa shape index (κ3) is 3.54. The van der Waals surface area contributed by atoms with E-state index in [1.165, 1.54) is 25.2 Å². The highest BCUT2D eigenvalue weighted by atomic mass is 19.4. The molecule has 0 spiro atoms. The number of nitrogens with one attached hydrogen (secondary N) is 1.